The van der Waals surface area contributed by atoms with Crippen LogP contribution in [0.2, 0.25) is 0 Å². The zero-order valence-electron chi connectivity index (χ0n) is 10.6. The number of carbonyl (C=O) groups excluding carboxylic acids is 1. The van der Waals surface area contributed by atoms with Gasteiger partial charge in [-0.15, -0.1) is 0 Å². The Kier molecular flexibility index (Phi) is 3.87. The van der Waals surface area contributed by atoms with Crippen LogP contribution in [0.1, 0.15) is 17.3 Å². The quantitative estimate of drug-likeness (QED) is 0.846. The molecule has 1 amide bonds. The average Bonchev–Trinajstić information content (AvgIpc) is 2.31. The molecular formula is C12H17BrN4O. The molecule has 1 aliphatic heterocycles. The van der Waals surface area contributed by atoms with Gasteiger partial charge in [-0.1, -0.05) is 0 Å². The summed E-state index contributed by atoms with van der Waals surface area (Å²) in [6.07, 6.45) is 1.60. The first-order valence-electron chi connectivity index (χ1n) is 5.89. The van der Waals surface area contributed by atoms with Crippen molar-refractivity contribution < 1.29 is 4.79 Å². The standard InChI is InChI=1S/C12H17BrN4O/c1-8-7-16(2)3-4-17(8)12(18)10-5-9(13)6-15-11(10)14/h5-6,8H,3-4,7H2,1-2H3,(H2,14,15). The molecule has 2 N–H and O–H groups in total. The fraction of sp³-hybridized carbons (Fsp3) is 0.500. The van der Waals surface area contributed by atoms with Gasteiger partial charge < -0.3 is 15.5 Å². The molecule has 1 atom stereocenters. The van der Waals surface area contributed by atoms with Gasteiger partial charge in [-0.2, -0.15) is 0 Å². The van der Waals surface area contributed by atoms with Crippen LogP contribution < -0.4 is 5.73 Å². The van der Waals surface area contributed by atoms with Gasteiger partial charge >= 0.3 is 0 Å². The summed E-state index contributed by atoms with van der Waals surface area (Å²) >= 11 is 3.32. The predicted molar refractivity (Wildman–Crippen MR) is 74.3 cm³/mol. The van der Waals surface area contributed by atoms with Crippen molar-refractivity contribution in [2.75, 3.05) is 32.4 Å². The number of anilines is 1. The maximum absolute atomic E-state index is 12.5. The minimum atomic E-state index is -0.0399. The van der Waals surface area contributed by atoms with Gasteiger partial charge in [0.25, 0.3) is 5.91 Å². The Morgan fingerprint density at radius 3 is 2.94 bits per heavy atom. The lowest BCUT2D eigenvalue weighted by atomic mass is 10.1. The average molecular weight is 313 g/mol. The third kappa shape index (κ3) is 2.64. The van der Waals surface area contributed by atoms with E-state index < -0.39 is 0 Å². The zero-order chi connectivity index (χ0) is 13.3. The van der Waals surface area contributed by atoms with Crippen molar-refractivity contribution in [1.82, 2.24) is 14.8 Å². The predicted octanol–water partition coefficient (Wildman–Crippen LogP) is 1.20. The van der Waals surface area contributed by atoms with E-state index in [0.29, 0.717) is 5.56 Å². The first kappa shape index (κ1) is 13.3. The highest BCUT2D eigenvalue weighted by atomic mass is 79.9. The second-order valence-corrected chi connectivity index (χ2v) is 5.61. The van der Waals surface area contributed by atoms with Crippen LogP contribution in [0, 0.1) is 0 Å². The molecule has 98 valence electrons. The first-order chi connectivity index (χ1) is 8.49. The van der Waals surface area contributed by atoms with Crippen molar-refractivity contribution >= 4 is 27.7 Å². The molecule has 1 aromatic heterocycles. The minimum Gasteiger partial charge on any atom is -0.383 e. The largest absolute Gasteiger partial charge is 0.383 e. The highest BCUT2D eigenvalue weighted by Gasteiger charge is 2.27. The number of piperazine rings is 1. The van der Waals surface area contributed by atoms with Crippen LogP contribution in [0.15, 0.2) is 16.7 Å². The Labute approximate surface area is 115 Å². The Morgan fingerprint density at radius 1 is 1.56 bits per heavy atom. The van der Waals surface area contributed by atoms with Gasteiger partial charge in [0.05, 0.1) is 5.56 Å². The summed E-state index contributed by atoms with van der Waals surface area (Å²) in [5.41, 5.74) is 6.25. The number of halogens is 1. The maximum atomic E-state index is 12.5. The van der Waals surface area contributed by atoms with E-state index in [0.717, 1.165) is 24.1 Å². The molecule has 1 saturated heterocycles. The number of rotatable bonds is 1. The first-order valence-corrected chi connectivity index (χ1v) is 6.69. The number of hydrogen-bond donors (Lipinski definition) is 1. The Morgan fingerprint density at radius 2 is 2.28 bits per heavy atom. The van der Waals surface area contributed by atoms with Gasteiger partial charge in [-0.3, -0.25) is 4.79 Å². The van der Waals surface area contributed by atoms with E-state index >= 15 is 0 Å². The molecule has 1 aromatic rings. The van der Waals surface area contributed by atoms with Gasteiger partial charge in [0.15, 0.2) is 0 Å². The van der Waals surface area contributed by atoms with Crippen molar-refractivity contribution in [3.05, 3.63) is 22.3 Å². The van der Waals surface area contributed by atoms with Crippen LogP contribution in [0.5, 0.6) is 0 Å². The normalized spacial score (nSPS) is 21.1. The maximum Gasteiger partial charge on any atom is 0.257 e. The Balaban J connectivity index is 2.23. The van der Waals surface area contributed by atoms with E-state index in [9.17, 15) is 4.79 Å². The molecule has 0 spiro atoms. The minimum absolute atomic E-state index is 0.0399. The third-order valence-corrected chi connectivity index (χ3v) is 3.64. The van der Waals surface area contributed by atoms with Crippen LogP contribution >= 0.6 is 15.9 Å². The molecular weight excluding hydrogens is 296 g/mol. The van der Waals surface area contributed by atoms with Crippen LogP contribution in [-0.4, -0.2) is 53.4 Å². The smallest absolute Gasteiger partial charge is 0.257 e. The molecule has 1 unspecified atom stereocenters. The molecule has 6 heteroatoms. The summed E-state index contributed by atoms with van der Waals surface area (Å²) < 4.78 is 0.766. The lowest BCUT2D eigenvalue weighted by molar-refractivity contribution is 0.0534. The van der Waals surface area contributed by atoms with Crippen LogP contribution in [0.4, 0.5) is 5.82 Å². The lowest BCUT2D eigenvalue weighted by Crippen LogP contribution is -2.52. The molecule has 0 aliphatic carbocycles. The van der Waals surface area contributed by atoms with Gasteiger partial charge in [0.2, 0.25) is 0 Å². The van der Waals surface area contributed by atoms with E-state index in [1.807, 2.05) is 4.90 Å². The fourth-order valence-corrected chi connectivity index (χ4v) is 2.55. The molecule has 0 saturated carbocycles. The Hall–Kier alpha value is -1.14. The number of nitrogens with zero attached hydrogens (tertiary/aromatic N) is 3. The number of nitrogen functional groups attached to an aromatic ring is 1. The number of pyridine rings is 1. The van der Waals surface area contributed by atoms with Crippen molar-refractivity contribution in [3.8, 4) is 0 Å². The van der Waals surface area contributed by atoms with E-state index in [1.54, 1.807) is 12.3 Å². The Bertz CT molecular complexity index is 465. The summed E-state index contributed by atoms with van der Waals surface area (Å²) in [4.78, 5) is 20.5. The highest BCUT2D eigenvalue weighted by Crippen LogP contribution is 2.20. The number of nitrogens with two attached hydrogens (primary N) is 1. The van der Waals surface area contributed by atoms with Crippen molar-refractivity contribution in [2.45, 2.75) is 13.0 Å². The summed E-state index contributed by atoms with van der Waals surface area (Å²) in [6, 6.07) is 1.92. The molecule has 0 aromatic carbocycles. The SMILES string of the molecule is CC1CN(C)CCN1C(=O)c1cc(Br)cnc1N. The third-order valence-electron chi connectivity index (χ3n) is 3.21. The van der Waals surface area contributed by atoms with E-state index in [4.69, 9.17) is 5.73 Å². The number of carbonyl (C=O) groups is 1. The van der Waals surface area contributed by atoms with Gasteiger partial charge in [-0.05, 0) is 36.0 Å². The van der Waals surface area contributed by atoms with Crippen LogP contribution in [0.25, 0.3) is 0 Å². The second kappa shape index (κ2) is 5.24. The summed E-state index contributed by atoms with van der Waals surface area (Å²) in [5, 5.41) is 0. The van der Waals surface area contributed by atoms with Crippen LogP contribution in [0.3, 0.4) is 0 Å². The molecule has 1 fully saturated rings. The molecule has 2 rings (SSSR count). The van der Waals surface area contributed by atoms with E-state index in [2.05, 4.69) is 39.8 Å². The van der Waals surface area contributed by atoms with Gasteiger partial charge in [-0.25, -0.2) is 4.98 Å². The van der Waals surface area contributed by atoms with E-state index in [-0.39, 0.29) is 17.8 Å². The number of aromatic nitrogens is 1. The topological polar surface area (TPSA) is 62.5 Å². The zero-order valence-corrected chi connectivity index (χ0v) is 12.1. The molecule has 5 nitrogen and oxygen atoms in total. The summed E-state index contributed by atoms with van der Waals surface area (Å²) in [7, 11) is 2.06. The molecule has 18 heavy (non-hydrogen) atoms. The van der Waals surface area contributed by atoms with Crippen molar-refractivity contribution in [2.24, 2.45) is 0 Å². The van der Waals surface area contributed by atoms with Crippen molar-refractivity contribution in [3.63, 3.8) is 0 Å². The fourth-order valence-electron chi connectivity index (χ4n) is 2.22. The number of hydrogen-bond acceptors (Lipinski definition) is 4. The van der Waals surface area contributed by atoms with Gasteiger partial charge in [0.1, 0.15) is 5.82 Å². The second-order valence-electron chi connectivity index (χ2n) is 4.70. The monoisotopic (exact) mass is 312 g/mol. The molecule has 1 aliphatic rings. The van der Waals surface area contributed by atoms with Crippen LogP contribution in [-0.2, 0) is 0 Å². The van der Waals surface area contributed by atoms with Crippen molar-refractivity contribution in [1.29, 1.82) is 0 Å². The van der Waals surface area contributed by atoms with E-state index in [1.165, 1.54) is 0 Å². The molecule has 0 radical (unpaired) electrons. The lowest BCUT2D eigenvalue weighted by Gasteiger charge is -2.38. The summed E-state index contributed by atoms with van der Waals surface area (Å²) in [6.45, 7) is 4.54. The number of amides is 1. The highest BCUT2D eigenvalue weighted by molar-refractivity contribution is 9.10. The number of likely N-dealkylation sites (N-methyl/N-ethyl adjacent to an activating group) is 1. The molecule has 2 heterocycles. The molecule has 0 bridgehead atoms. The van der Waals surface area contributed by atoms with Gasteiger partial charge in [0, 0.05) is 36.3 Å². The summed E-state index contributed by atoms with van der Waals surface area (Å²) in [5.74, 6) is 0.247.